The fourth-order valence-corrected chi connectivity index (χ4v) is 2.40. The minimum absolute atomic E-state index is 0.164. The molecule has 0 fully saturated rings. The zero-order chi connectivity index (χ0) is 19.2. The molecule has 2 aromatic carbocycles. The van der Waals surface area contributed by atoms with Crippen molar-refractivity contribution in [2.75, 3.05) is 19.0 Å². The fraction of sp³-hybridized carbons (Fsp3) is 0.278. The van der Waals surface area contributed by atoms with Crippen LogP contribution in [0.5, 0.6) is 5.75 Å². The Morgan fingerprint density at radius 2 is 1.85 bits per heavy atom. The summed E-state index contributed by atoms with van der Waals surface area (Å²) in [5.41, 5.74) is 0.554. The van der Waals surface area contributed by atoms with Crippen LogP contribution in [0, 0.1) is 0 Å². The quantitative estimate of drug-likeness (QED) is 0.737. The maximum atomic E-state index is 12.5. The predicted molar refractivity (Wildman–Crippen MR) is 94.4 cm³/mol. The summed E-state index contributed by atoms with van der Waals surface area (Å²) >= 11 is 5.93. The highest BCUT2D eigenvalue weighted by Crippen LogP contribution is 2.29. The van der Waals surface area contributed by atoms with E-state index in [9.17, 15) is 18.0 Å². The molecule has 0 spiro atoms. The topological polar surface area (TPSA) is 50.4 Å². The Labute approximate surface area is 154 Å². The van der Waals surface area contributed by atoms with E-state index in [4.69, 9.17) is 16.3 Å². The summed E-state index contributed by atoms with van der Waals surface area (Å²) in [6.45, 7) is 0.521. The van der Waals surface area contributed by atoms with Gasteiger partial charge >= 0.3 is 6.18 Å². The number of halogens is 4. The molecule has 0 aliphatic rings. The summed E-state index contributed by atoms with van der Waals surface area (Å²) in [7, 11) is 1.53. The summed E-state index contributed by atoms with van der Waals surface area (Å²) in [6.07, 6.45) is -4.18. The molecule has 0 unspecified atom stereocenters. The molecule has 0 heterocycles. The lowest BCUT2D eigenvalue weighted by Crippen LogP contribution is -2.25. The Hall–Kier alpha value is -2.41. The van der Waals surface area contributed by atoms with Crippen molar-refractivity contribution in [3.05, 3.63) is 58.6 Å². The van der Waals surface area contributed by atoms with Crippen LogP contribution in [0.4, 0.5) is 18.9 Å². The molecular formula is C18H18ClF3N2O2. The van der Waals surface area contributed by atoms with E-state index >= 15 is 0 Å². The molecule has 0 atom stereocenters. The molecule has 26 heavy (non-hydrogen) atoms. The SMILES string of the molecule is COc1ccc(Cl)cc1NCCC(=O)NCc1ccc(C(F)(F)F)cc1. The smallest absolute Gasteiger partial charge is 0.416 e. The second kappa shape index (κ2) is 8.80. The van der Waals surface area contributed by atoms with Crippen LogP contribution >= 0.6 is 11.6 Å². The number of carbonyl (C=O) groups excluding carboxylic acids is 1. The highest BCUT2D eigenvalue weighted by Gasteiger charge is 2.29. The number of amides is 1. The normalized spacial score (nSPS) is 11.1. The molecule has 2 aromatic rings. The number of benzene rings is 2. The molecule has 0 aliphatic carbocycles. The molecule has 2 N–H and O–H groups in total. The van der Waals surface area contributed by atoms with Gasteiger partial charge in [-0.1, -0.05) is 23.7 Å². The Kier molecular flexibility index (Phi) is 6.74. The van der Waals surface area contributed by atoms with Crippen LogP contribution in [-0.4, -0.2) is 19.6 Å². The van der Waals surface area contributed by atoms with Crippen molar-refractivity contribution in [1.82, 2.24) is 5.32 Å². The third kappa shape index (κ3) is 5.84. The zero-order valence-electron chi connectivity index (χ0n) is 14.0. The highest BCUT2D eigenvalue weighted by molar-refractivity contribution is 6.30. The standard InChI is InChI=1S/C18H18ClF3N2O2/c1-26-16-7-6-14(19)10-15(16)23-9-8-17(25)24-11-12-2-4-13(5-3-12)18(20,21)22/h2-7,10,23H,8-9,11H2,1H3,(H,24,25). The number of anilines is 1. The van der Waals surface area contributed by atoms with Gasteiger partial charge in [0.25, 0.3) is 0 Å². The third-order valence-electron chi connectivity index (χ3n) is 3.60. The van der Waals surface area contributed by atoms with Gasteiger partial charge in [-0.05, 0) is 35.9 Å². The molecule has 1 amide bonds. The van der Waals surface area contributed by atoms with E-state index in [1.165, 1.54) is 19.2 Å². The van der Waals surface area contributed by atoms with E-state index in [0.29, 0.717) is 28.6 Å². The number of methoxy groups -OCH3 is 1. The van der Waals surface area contributed by atoms with Crippen molar-refractivity contribution in [2.24, 2.45) is 0 Å². The van der Waals surface area contributed by atoms with Crippen molar-refractivity contribution in [2.45, 2.75) is 19.1 Å². The summed E-state index contributed by atoms with van der Waals surface area (Å²) in [5.74, 6) is 0.387. The third-order valence-corrected chi connectivity index (χ3v) is 3.84. The van der Waals surface area contributed by atoms with E-state index in [1.807, 2.05) is 0 Å². The number of hydrogen-bond donors (Lipinski definition) is 2. The molecule has 0 radical (unpaired) electrons. The minimum atomic E-state index is -4.37. The second-order valence-electron chi connectivity index (χ2n) is 5.49. The van der Waals surface area contributed by atoms with E-state index in [0.717, 1.165) is 12.1 Å². The van der Waals surface area contributed by atoms with Crippen LogP contribution in [0.15, 0.2) is 42.5 Å². The zero-order valence-corrected chi connectivity index (χ0v) is 14.7. The van der Waals surface area contributed by atoms with Gasteiger partial charge in [-0.2, -0.15) is 13.2 Å². The van der Waals surface area contributed by atoms with E-state index in [2.05, 4.69) is 10.6 Å². The molecule has 0 aliphatic heterocycles. The van der Waals surface area contributed by atoms with Crippen molar-refractivity contribution in [1.29, 1.82) is 0 Å². The van der Waals surface area contributed by atoms with Gasteiger partial charge in [-0.15, -0.1) is 0 Å². The fourth-order valence-electron chi connectivity index (χ4n) is 2.23. The molecule has 0 saturated carbocycles. The summed E-state index contributed by atoms with van der Waals surface area (Å²) in [5, 5.41) is 6.27. The van der Waals surface area contributed by atoms with E-state index in [-0.39, 0.29) is 18.9 Å². The largest absolute Gasteiger partial charge is 0.495 e. The Morgan fingerprint density at radius 1 is 1.15 bits per heavy atom. The summed E-state index contributed by atoms with van der Waals surface area (Å²) in [6, 6.07) is 9.79. The van der Waals surface area contributed by atoms with Gasteiger partial charge in [-0.25, -0.2) is 0 Å². The lowest BCUT2D eigenvalue weighted by molar-refractivity contribution is -0.137. The van der Waals surface area contributed by atoms with Crippen LogP contribution in [0.1, 0.15) is 17.5 Å². The van der Waals surface area contributed by atoms with Crippen LogP contribution in [0.25, 0.3) is 0 Å². The lowest BCUT2D eigenvalue weighted by Gasteiger charge is -2.12. The highest BCUT2D eigenvalue weighted by atomic mass is 35.5. The molecular weight excluding hydrogens is 369 g/mol. The first kappa shape index (κ1) is 19.9. The van der Waals surface area contributed by atoms with Crippen LogP contribution < -0.4 is 15.4 Å². The maximum Gasteiger partial charge on any atom is 0.416 e. The first-order chi connectivity index (χ1) is 12.3. The molecule has 2 rings (SSSR count). The molecule has 140 valence electrons. The molecule has 0 saturated heterocycles. The maximum absolute atomic E-state index is 12.5. The second-order valence-corrected chi connectivity index (χ2v) is 5.93. The molecule has 8 heteroatoms. The van der Waals surface area contributed by atoms with Gasteiger partial charge in [0.2, 0.25) is 5.91 Å². The van der Waals surface area contributed by atoms with Crippen molar-refractivity contribution in [3.63, 3.8) is 0 Å². The average molecular weight is 387 g/mol. The molecule has 4 nitrogen and oxygen atoms in total. The monoisotopic (exact) mass is 386 g/mol. The van der Waals surface area contributed by atoms with Gasteiger partial charge in [0.1, 0.15) is 5.75 Å². The van der Waals surface area contributed by atoms with Gasteiger partial charge in [0.15, 0.2) is 0 Å². The number of alkyl halides is 3. The van der Waals surface area contributed by atoms with Gasteiger partial charge in [0.05, 0.1) is 18.4 Å². The van der Waals surface area contributed by atoms with E-state index < -0.39 is 11.7 Å². The Morgan fingerprint density at radius 3 is 2.46 bits per heavy atom. The van der Waals surface area contributed by atoms with Crippen LogP contribution in [0.3, 0.4) is 0 Å². The Bertz CT molecular complexity index is 749. The first-order valence-corrected chi connectivity index (χ1v) is 8.17. The minimum Gasteiger partial charge on any atom is -0.495 e. The van der Waals surface area contributed by atoms with E-state index in [1.54, 1.807) is 18.2 Å². The van der Waals surface area contributed by atoms with Gasteiger partial charge < -0.3 is 15.4 Å². The number of carbonyl (C=O) groups is 1. The van der Waals surface area contributed by atoms with Gasteiger partial charge in [-0.3, -0.25) is 4.79 Å². The van der Waals surface area contributed by atoms with Crippen LogP contribution in [-0.2, 0) is 17.5 Å². The Balaban J connectivity index is 1.78. The number of rotatable bonds is 7. The van der Waals surface area contributed by atoms with Crippen molar-refractivity contribution >= 4 is 23.2 Å². The first-order valence-electron chi connectivity index (χ1n) is 7.80. The number of hydrogen-bond acceptors (Lipinski definition) is 3. The molecule has 0 bridgehead atoms. The number of ether oxygens (including phenoxy) is 1. The predicted octanol–water partition coefficient (Wildman–Crippen LogP) is 4.49. The van der Waals surface area contributed by atoms with Crippen molar-refractivity contribution < 1.29 is 22.7 Å². The van der Waals surface area contributed by atoms with Crippen LogP contribution in [0.2, 0.25) is 5.02 Å². The summed E-state index contributed by atoms with van der Waals surface area (Å²) in [4.78, 5) is 11.9. The summed E-state index contributed by atoms with van der Waals surface area (Å²) < 4.78 is 42.7. The van der Waals surface area contributed by atoms with Gasteiger partial charge in [0, 0.05) is 24.5 Å². The lowest BCUT2D eigenvalue weighted by atomic mass is 10.1. The number of nitrogens with one attached hydrogen (secondary N) is 2. The average Bonchev–Trinajstić information content (AvgIpc) is 2.60. The molecule has 0 aromatic heterocycles. The van der Waals surface area contributed by atoms with Crippen molar-refractivity contribution in [3.8, 4) is 5.75 Å².